The highest BCUT2D eigenvalue weighted by Gasteiger charge is 2.06. The van der Waals surface area contributed by atoms with Gasteiger partial charge in [0.05, 0.1) is 0 Å². The lowest BCUT2D eigenvalue weighted by Crippen LogP contribution is -1.87. The van der Waals surface area contributed by atoms with E-state index >= 15 is 0 Å². The Kier molecular flexibility index (Phi) is 6.28. The summed E-state index contributed by atoms with van der Waals surface area (Å²) in [6.45, 7) is 2.24. The van der Waals surface area contributed by atoms with Crippen LogP contribution in [0.15, 0.2) is 76.5 Å². The minimum absolute atomic E-state index is 0.980. The smallest absolute Gasteiger partial charge is 0.0119 e. The van der Waals surface area contributed by atoms with Gasteiger partial charge in [0.1, 0.15) is 0 Å². The van der Waals surface area contributed by atoms with E-state index in [9.17, 15) is 0 Å². The molecule has 0 radical (unpaired) electrons. The SMILES string of the molecule is CCCCCc1ccc(-c2cc(-c3ccc(S)cc3)ccc2S)cc1. The van der Waals surface area contributed by atoms with Crippen molar-refractivity contribution in [1.29, 1.82) is 0 Å². The monoisotopic (exact) mass is 364 g/mol. The predicted molar refractivity (Wildman–Crippen MR) is 115 cm³/mol. The summed E-state index contributed by atoms with van der Waals surface area (Å²) in [7, 11) is 0. The number of aryl methyl sites for hydroxylation is 1. The molecule has 3 aromatic rings. The second kappa shape index (κ2) is 8.64. The number of hydrogen-bond donors (Lipinski definition) is 2. The fourth-order valence-corrected chi connectivity index (χ4v) is 3.45. The van der Waals surface area contributed by atoms with Crippen molar-refractivity contribution in [2.24, 2.45) is 0 Å². The van der Waals surface area contributed by atoms with Crippen molar-refractivity contribution in [3.8, 4) is 22.3 Å². The summed E-state index contributed by atoms with van der Waals surface area (Å²) in [4.78, 5) is 1.99. The molecule has 0 aromatic heterocycles. The van der Waals surface area contributed by atoms with Gasteiger partial charge < -0.3 is 0 Å². The van der Waals surface area contributed by atoms with Crippen LogP contribution in [-0.2, 0) is 6.42 Å². The average Bonchev–Trinajstić information content (AvgIpc) is 2.64. The van der Waals surface area contributed by atoms with Crippen LogP contribution in [0.5, 0.6) is 0 Å². The zero-order valence-electron chi connectivity index (χ0n) is 14.6. The molecule has 0 bridgehead atoms. The zero-order chi connectivity index (χ0) is 17.6. The van der Waals surface area contributed by atoms with E-state index in [2.05, 4.69) is 86.8 Å². The van der Waals surface area contributed by atoms with Gasteiger partial charge in [-0.3, -0.25) is 0 Å². The van der Waals surface area contributed by atoms with E-state index in [-0.39, 0.29) is 0 Å². The van der Waals surface area contributed by atoms with Gasteiger partial charge in [0, 0.05) is 9.79 Å². The Balaban J connectivity index is 1.86. The first-order valence-electron chi connectivity index (χ1n) is 8.89. The second-order valence-corrected chi connectivity index (χ2v) is 7.43. The molecule has 0 aliphatic rings. The van der Waals surface area contributed by atoms with Crippen LogP contribution in [-0.4, -0.2) is 0 Å². The number of hydrogen-bond acceptors (Lipinski definition) is 2. The third-order valence-electron chi connectivity index (χ3n) is 4.53. The lowest BCUT2D eigenvalue weighted by molar-refractivity contribution is 0.717. The van der Waals surface area contributed by atoms with Crippen LogP contribution in [0.25, 0.3) is 22.3 Å². The molecule has 0 saturated heterocycles. The van der Waals surface area contributed by atoms with Gasteiger partial charge in [-0.2, -0.15) is 0 Å². The quantitative estimate of drug-likeness (QED) is 0.332. The summed E-state index contributed by atoms with van der Waals surface area (Å²) >= 11 is 9.03. The molecule has 0 saturated carbocycles. The van der Waals surface area contributed by atoms with Crippen LogP contribution < -0.4 is 0 Å². The van der Waals surface area contributed by atoms with E-state index in [1.807, 2.05) is 12.1 Å². The Labute approximate surface area is 162 Å². The van der Waals surface area contributed by atoms with Crippen molar-refractivity contribution in [3.63, 3.8) is 0 Å². The number of thiol groups is 2. The number of benzene rings is 3. The molecule has 0 fully saturated rings. The average molecular weight is 365 g/mol. The third-order valence-corrected chi connectivity index (χ3v) is 5.22. The van der Waals surface area contributed by atoms with Gasteiger partial charge in [0.25, 0.3) is 0 Å². The summed E-state index contributed by atoms with van der Waals surface area (Å²) in [6.07, 6.45) is 5.00. The minimum atomic E-state index is 0.980. The molecule has 3 aromatic carbocycles. The molecule has 3 rings (SSSR count). The molecule has 0 spiro atoms. The number of rotatable bonds is 6. The van der Waals surface area contributed by atoms with E-state index in [0.717, 1.165) is 16.2 Å². The topological polar surface area (TPSA) is 0 Å². The van der Waals surface area contributed by atoms with Gasteiger partial charge in [-0.1, -0.05) is 62.2 Å². The fourth-order valence-electron chi connectivity index (χ4n) is 3.03. The van der Waals surface area contributed by atoms with Crippen LogP contribution in [0.2, 0.25) is 0 Å². The fraction of sp³-hybridized carbons (Fsp3) is 0.217. The van der Waals surface area contributed by atoms with Gasteiger partial charge in [0.2, 0.25) is 0 Å². The van der Waals surface area contributed by atoms with E-state index < -0.39 is 0 Å². The van der Waals surface area contributed by atoms with Gasteiger partial charge in [-0.05, 0) is 64.9 Å². The van der Waals surface area contributed by atoms with E-state index in [1.165, 1.54) is 47.1 Å². The molecule has 0 N–H and O–H groups in total. The Bertz CT molecular complexity index is 818. The van der Waals surface area contributed by atoms with Crippen LogP contribution in [0.3, 0.4) is 0 Å². The maximum Gasteiger partial charge on any atom is 0.0119 e. The molecular formula is C23H24S2. The molecule has 0 amide bonds. The molecule has 25 heavy (non-hydrogen) atoms. The zero-order valence-corrected chi connectivity index (χ0v) is 16.4. The largest absolute Gasteiger partial charge is 0.143 e. The van der Waals surface area contributed by atoms with Crippen LogP contribution in [0, 0.1) is 0 Å². The lowest BCUT2D eigenvalue weighted by Gasteiger charge is -2.10. The van der Waals surface area contributed by atoms with Crippen LogP contribution in [0.4, 0.5) is 0 Å². The molecular weight excluding hydrogens is 340 g/mol. The molecule has 0 aliphatic heterocycles. The van der Waals surface area contributed by atoms with Crippen molar-refractivity contribution in [3.05, 3.63) is 72.3 Å². The highest BCUT2D eigenvalue weighted by atomic mass is 32.1. The maximum atomic E-state index is 4.67. The number of unbranched alkanes of at least 4 members (excludes halogenated alkanes) is 2. The highest BCUT2D eigenvalue weighted by molar-refractivity contribution is 7.80. The van der Waals surface area contributed by atoms with Gasteiger partial charge >= 0.3 is 0 Å². The minimum Gasteiger partial charge on any atom is -0.143 e. The lowest BCUT2D eigenvalue weighted by atomic mass is 9.97. The summed E-state index contributed by atoms with van der Waals surface area (Å²) in [5, 5.41) is 0. The second-order valence-electron chi connectivity index (χ2n) is 6.43. The summed E-state index contributed by atoms with van der Waals surface area (Å²) < 4.78 is 0. The highest BCUT2D eigenvalue weighted by Crippen LogP contribution is 2.32. The van der Waals surface area contributed by atoms with E-state index in [0.29, 0.717) is 0 Å². The first kappa shape index (κ1) is 18.2. The van der Waals surface area contributed by atoms with Crippen LogP contribution in [0.1, 0.15) is 31.7 Å². The van der Waals surface area contributed by atoms with Crippen molar-refractivity contribution in [2.75, 3.05) is 0 Å². The predicted octanol–water partition coefficient (Wildman–Crippen LogP) is 7.33. The Morgan fingerprint density at radius 2 is 1.32 bits per heavy atom. The van der Waals surface area contributed by atoms with E-state index in [4.69, 9.17) is 0 Å². The van der Waals surface area contributed by atoms with Gasteiger partial charge in [-0.25, -0.2) is 0 Å². The van der Waals surface area contributed by atoms with Crippen molar-refractivity contribution in [2.45, 2.75) is 42.4 Å². The van der Waals surface area contributed by atoms with Gasteiger partial charge in [0.15, 0.2) is 0 Å². The summed E-state index contributed by atoms with van der Waals surface area (Å²) in [6, 6.07) is 23.6. The first-order chi connectivity index (χ1) is 12.2. The Morgan fingerprint density at radius 3 is 2.00 bits per heavy atom. The summed E-state index contributed by atoms with van der Waals surface area (Å²) in [5.74, 6) is 0. The Morgan fingerprint density at radius 1 is 0.680 bits per heavy atom. The van der Waals surface area contributed by atoms with Crippen molar-refractivity contribution < 1.29 is 0 Å². The van der Waals surface area contributed by atoms with Crippen molar-refractivity contribution >= 4 is 25.3 Å². The molecule has 0 heterocycles. The Hall–Kier alpha value is -1.64. The standard InChI is InChI=1S/C23H24S2/c1-2-3-4-5-17-6-8-19(9-7-17)22-16-20(12-15-23(22)25)18-10-13-21(24)14-11-18/h6-16,24-25H,2-5H2,1H3. The molecule has 128 valence electrons. The molecule has 0 nitrogen and oxygen atoms in total. The van der Waals surface area contributed by atoms with Crippen LogP contribution >= 0.6 is 25.3 Å². The normalized spacial score (nSPS) is 10.8. The first-order valence-corrected chi connectivity index (χ1v) is 9.78. The molecule has 0 unspecified atom stereocenters. The maximum absolute atomic E-state index is 4.67. The van der Waals surface area contributed by atoms with Crippen molar-refractivity contribution in [1.82, 2.24) is 0 Å². The third kappa shape index (κ3) is 4.71. The summed E-state index contributed by atoms with van der Waals surface area (Å²) in [5.41, 5.74) is 6.21. The molecule has 0 atom stereocenters. The van der Waals surface area contributed by atoms with E-state index in [1.54, 1.807) is 0 Å². The van der Waals surface area contributed by atoms with Gasteiger partial charge in [-0.15, -0.1) is 25.3 Å². The molecule has 2 heteroatoms. The molecule has 0 aliphatic carbocycles.